The first-order valence-corrected chi connectivity index (χ1v) is 13.8. The van der Waals surface area contributed by atoms with Crippen LogP contribution in [0.25, 0.3) is 10.9 Å². The largest absolute Gasteiger partial charge is 0.495 e. The minimum atomic E-state index is 0.345. The van der Waals surface area contributed by atoms with Crippen molar-refractivity contribution in [3.05, 3.63) is 76.7 Å². The lowest BCUT2D eigenvalue weighted by molar-refractivity contribution is 0.209. The Hall–Kier alpha value is -4.06. The normalized spacial score (nSPS) is 13.9. The fourth-order valence-corrected chi connectivity index (χ4v) is 5.18. The van der Waals surface area contributed by atoms with Gasteiger partial charge in [0.25, 0.3) is 0 Å². The van der Waals surface area contributed by atoms with E-state index in [1.165, 1.54) is 0 Å². The van der Waals surface area contributed by atoms with Crippen LogP contribution in [0.5, 0.6) is 11.5 Å². The van der Waals surface area contributed by atoms with Crippen molar-refractivity contribution < 1.29 is 9.47 Å². The summed E-state index contributed by atoms with van der Waals surface area (Å²) in [6.45, 7) is 10.6. The molecule has 1 aliphatic rings. The molecule has 4 aromatic rings. The first-order chi connectivity index (χ1) is 19.4. The predicted octanol–water partition coefficient (Wildman–Crippen LogP) is 6.32. The number of hydrogen-bond acceptors (Lipinski definition) is 8. The molecule has 2 aromatic heterocycles. The number of benzene rings is 2. The molecule has 3 heterocycles. The number of pyridine rings is 2. The van der Waals surface area contributed by atoms with E-state index in [-0.39, 0.29) is 0 Å². The Bertz CT molecular complexity index is 1560. The lowest BCUT2D eigenvalue weighted by atomic mass is 10.1. The Morgan fingerprint density at radius 3 is 2.58 bits per heavy atom. The van der Waals surface area contributed by atoms with Gasteiger partial charge in [0.2, 0.25) is 0 Å². The van der Waals surface area contributed by atoms with E-state index < -0.39 is 0 Å². The molecule has 0 radical (unpaired) electrons. The van der Waals surface area contributed by atoms with Crippen molar-refractivity contribution in [3.63, 3.8) is 0 Å². The van der Waals surface area contributed by atoms with Crippen molar-refractivity contribution in [1.29, 1.82) is 5.26 Å². The van der Waals surface area contributed by atoms with E-state index in [0.717, 1.165) is 59.8 Å². The van der Waals surface area contributed by atoms with Crippen LogP contribution in [0.3, 0.4) is 0 Å². The molecule has 1 N–H and O–H groups in total. The molecule has 0 saturated carbocycles. The van der Waals surface area contributed by atoms with Crippen LogP contribution in [0.4, 0.5) is 17.1 Å². The van der Waals surface area contributed by atoms with Gasteiger partial charge in [0, 0.05) is 56.1 Å². The highest BCUT2D eigenvalue weighted by molar-refractivity contribution is 6.33. The maximum Gasteiger partial charge on any atom is 0.142 e. The highest BCUT2D eigenvalue weighted by atomic mass is 35.5. The molecular formula is C31H33ClN6O2. The van der Waals surface area contributed by atoms with Gasteiger partial charge < -0.3 is 19.7 Å². The predicted molar refractivity (Wildman–Crippen MR) is 160 cm³/mol. The summed E-state index contributed by atoms with van der Waals surface area (Å²) in [6, 6.07) is 16.1. The number of nitrogens with zero attached hydrogens (tertiary/aromatic N) is 5. The molecule has 1 aliphatic heterocycles. The van der Waals surface area contributed by atoms with E-state index >= 15 is 0 Å². The molecule has 1 fully saturated rings. The number of piperazine rings is 1. The van der Waals surface area contributed by atoms with E-state index in [4.69, 9.17) is 21.1 Å². The molecule has 8 nitrogen and oxygen atoms in total. The van der Waals surface area contributed by atoms with Crippen molar-refractivity contribution in [3.8, 4) is 17.6 Å². The van der Waals surface area contributed by atoms with E-state index in [0.29, 0.717) is 40.4 Å². The number of nitriles is 1. The van der Waals surface area contributed by atoms with Crippen LogP contribution in [-0.2, 0) is 6.61 Å². The fraction of sp³-hybridized carbons (Fsp3) is 0.323. The SMILES string of the molecule is COc1cc2c(Nc3ccc(OCc4ncccc4C)cc3Cl)c(C#N)cnc2cc1N1CCN(C(C)C)CC1. The second kappa shape index (κ2) is 12.0. The quantitative estimate of drug-likeness (QED) is 0.269. The third-order valence-electron chi connectivity index (χ3n) is 7.37. The molecule has 40 heavy (non-hydrogen) atoms. The molecule has 9 heteroatoms. The fourth-order valence-electron chi connectivity index (χ4n) is 4.96. The summed E-state index contributed by atoms with van der Waals surface area (Å²) in [4.78, 5) is 13.8. The average Bonchev–Trinajstić information content (AvgIpc) is 2.97. The van der Waals surface area contributed by atoms with E-state index in [9.17, 15) is 5.26 Å². The number of aromatic nitrogens is 2. The van der Waals surface area contributed by atoms with Crippen LogP contribution in [0.2, 0.25) is 5.02 Å². The molecule has 5 rings (SSSR count). The van der Waals surface area contributed by atoms with E-state index in [1.54, 1.807) is 25.6 Å². The van der Waals surface area contributed by atoms with E-state index in [2.05, 4.69) is 45.0 Å². The minimum Gasteiger partial charge on any atom is -0.495 e. The van der Waals surface area contributed by atoms with Gasteiger partial charge in [-0.15, -0.1) is 0 Å². The van der Waals surface area contributed by atoms with Crippen molar-refractivity contribution in [2.75, 3.05) is 43.5 Å². The van der Waals surface area contributed by atoms with Gasteiger partial charge in [0.15, 0.2) is 0 Å². The zero-order valence-electron chi connectivity index (χ0n) is 23.2. The summed E-state index contributed by atoms with van der Waals surface area (Å²) in [5.41, 5.74) is 5.40. The van der Waals surface area contributed by atoms with Gasteiger partial charge in [-0.25, -0.2) is 0 Å². The second-order valence-corrected chi connectivity index (χ2v) is 10.5. The minimum absolute atomic E-state index is 0.345. The molecule has 0 bridgehead atoms. The van der Waals surface area contributed by atoms with Crippen LogP contribution in [0, 0.1) is 18.3 Å². The van der Waals surface area contributed by atoms with E-state index in [1.807, 2.05) is 43.3 Å². The molecule has 206 valence electrons. The number of hydrogen-bond donors (Lipinski definition) is 1. The van der Waals surface area contributed by atoms with Gasteiger partial charge in [-0.2, -0.15) is 5.26 Å². The molecule has 2 aromatic carbocycles. The second-order valence-electron chi connectivity index (χ2n) is 10.1. The summed E-state index contributed by atoms with van der Waals surface area (Å²) in [6.07, 6.45) is 3.35. The van der Waals surface area contributed by atoms with Crippen LogP contribution >= 0.6 is 11.6 Å². The van der Waals surface area contributed by atoms with Gasteiger partial charge in [-0.1, -0.05) is 17.7 Å². The van der Waals surface area contributed by atoms with Gasteiger partial charge in [0.05, 0.1) is 46.0 Å². The standard InChI is InChI=1S/C31H33ClN6O2/c1-20(2)37-10-12-38(13-11-37)29-16-27-24(15-30(29)39-4)31(22(17-33)18-35-27)36-26-8-7-23(14-25(26)32)40-19-28-21(3)6-5-9-34-28/h5-9,14-16,18,20H,10-13,19H2,1-4H3,(H,35,36). The molecule has 1 saturated heterocycles. The summed E-state index contributed by atoms with van der Waals surface area (Å²) in [7, 11) is 1.67. The molecule has 0 amide bonds. The van der Waals surface area contributed by atoms with Crippen LogP contribution in [0.1, 0.15) is 30.7 Å². The number of halogens is 1. The van der Waals surface area contributed by atoms with Gasteiger partial charge in [-0.3, -0.25) is 14.9 Å². The topological polar surface area (TPSA) is 86.5 Å². The summed E-state index contributed by atoms with van der Waals surface area (Å²) in [5, 5.41) is 14.5. The Morgan fingerprint density at radius 2 is 1.90 bits per heavy atom. The monoisotopic (exact) mass is 556 g/mol. The zero-order chi connectivity index (χ0) is 28.2. The first-order valence-electron chi connectivity index (χ1n) is 13.4. The average molecular weight is 557 g/mol. The number of methoxy groups -OCH3 is 1. The number of rotatable bonds is 8. The number of fused-ring (bicyclic) bond motifs is 1. The highest BCUT2D eigenvalue weighted by Gasteiger charge is 2.23. The Balaban J connectivity index is 1.42. The summed E-state index contributed by atoms with van der Waals surface area (Å²) in [5.74, 6) is 1.37. The van der Waals surface area contributed by atoms with Crippen molar-refractivity contribution >= 4 is 39.6 Å². The number of nitrogens with one attached hydrogen (secondary N) is 1. The lowest BCUT2D eigenvalue weighted by Crippen LogP contribution is -2.49. The Labute approximate surface area is 240 Å². The first kappa shape index (κ1) is 27.5. The third kappa shape index (κ3) is 5.76. The van der Waals surface area contributed by atoms with Crippen molar-refractivity contribution in [2.45, 2.75) is 33.4 Å². The molecular weight excluding hydrogens is 524 g/mol. The molecule has 0 unspecified atom stereocenters. The molecule has 0 aliphatic carbocycles. The van der Waals surface area contributed by atoms with Gasteiger partial charge in [0.1, 0.15) is 24.2 Å². The van der Waals surface area contributed by atoms with Crippen molar-refractivity contribution in [1.82, 2.24) is 14.9 Å². The smallest absolute Gasteiger partial charge is 0.142 e. The molecule has 0 spiro atoms. The number of ether oxygens (including phenoxy) is 2. The van der Waals surface area contributed by atoms with Crippen LogP contribution < -0.4 is 19.7 Å². The molecule has 0 atom stereocenters. The number of aryl methyl sites for hydroxylation is 1. The van der Waals surface area contributed by atoms with Crippen molar-refractivity contribution in [2.24, 2.45) is 0 Å². The maximum atomic E-state index is 9.89. The zero-order valence-corrected chi connectivity index (χ0v) is 24.0. The van der Waals surface area contributed by atoms with Gasteiger partial charge >= 0.3 is 0 Å². The third-order valence-corrected chi connectivity index (χ3v) is 7.68. The Kier molecular flexibility index (Phi) is 8.24. The van der Waals surface area contributed by atoms with Crippen LogP contribution in [0.15, 0.2) is 54.9 Å². The highest BCUT2D eigenvalue weighted by Crippen LogP contribution is 2.39. The maximum absolute atomic E-state index is 9.89. The summed E-state index contributed by atoms with van der Waals surface area (Å²) >= 11 is 6.67. The van der Waals surface area contributed by atoms with Crippen LogP contribution in [-0.4, -0.2) is 54.2 Å². The number of anilines is 3. The van der Waals surface area contributed by atoms with Gasteiger partial charge in [-0.05, 0) is 56.7 Å². The lowest BCUT2D eigenvalue weighted by Gasteiger charge is -2.38. The Morgan fingerprint density at radius 1 is 1.10 bits per heavy atom. The summed E-state index contributed by atoms with van der Waals surface area (Å²) < 4.78 is 11.8.